The van der Waals surface area contributed by atoms with E-state index in [1.807, 2.05) is 44.2 Å². The Labute approximate surface area is 262 Å². The highest BCUT2D eigenvalue weighted by Gasteiger charge is 2.34. The van der Waals surface area contributed by atoms with Gasteiger partial charge in [0, 0.05) is 19.0 Å². The van der Waals surface area contributed by atoms with Crippen molar-refractivity contribution < 1.29 is 22.7 Å². The van der Waals surface area contributed by atoms with Gasteiger partial charge < -0.3 is 15.0 Å². The standard InChI is InChI=1S/C30H34Cl3N3O5S/c1-5-20(2)34-30(38)28(15-21-10-7-6-8-11-21)35(18-22-12-9-13-23(14-22)41-3)29(37)19-36(42(4,39)40)27-17-25(32)24(31)16-26(27)33/h6-14,16-17,20,28H,5,15,18-19H2,1-4H3,(H,34,38)/t20-,28-/m1/s1. The van der Waals surface area contributed by atoms with Crippen molar-refractivity contribution in [1.82, 2.24) is 10.2 Å². The Bertz CT molecular complexity index is 1510. The smallest absolute Gasteiger partial charge is 0.244 e. The second-order valence-electron chi connectivity index (χ2n) is 9.88. The molecule has 0 aliphatic carbocycles. The van der Waals surface area contributed by atoms with Crippen LogP contribution in [0.3, 0.4) is 0 Å². The number of amides is 2. The largest absolute Gasteiger partial charge is 0.497 e. The number of hydrogen-bond donors (Lipinski definition) is 1. The highest BCUT2D eigenvalue weighted by atomic mass is 35.5. The molecule has 226 valence electrons. The third-order valence-corrected chi connectivity index (χ3v) is 8.85. The van der Waals surface area contributed by atoms with Crippen LogP contribution in [0.5, 0.6) is 5.75 Å². The Morgan fingerprint density at radius 3 is 2.19 bits per heavy atom. The van der Waals surface area contributed by atoms with Gasteiger partial charge in [0.2, 0.25) is 21.8 Å². The summed E-state index contributed by atoms with van der Waals surface area (Å²) in [6, 6.07) is 17.9. The van der Waals surface area contributed by atoms with Gasteiger partial charge in [-0.1, -0.05) is 84.2 Å². The van der Waals surface area contributed by atoms with Gasteiger partial charge in [-0.05, 0) is 48.7 Å². The number of benzene rings is 3. The zero-order chi connectivity index (χ0) is 31.0. The van der Waals surface area contributed by atoms with Gasteiger partial charge in [-0.2, -0.15) is 0 Å². The van der Waals surface area contributed by atoms with E-state index in [1.54, 1.807) is 24.3 Å². The summed E-state index contributed by atoms with van der Waals surface area (Å²) >= 11 is 18.6. The van der Waals surface area contributed by atoms with Gasteiger partial charge in [-0.3, -0.25) is 13.9 Å². The Morgan fingerprint density at radius 1 is 0.929 bits per heavy atom. The van der Waals surface area contributed by atoms with Gasteiger partial charge in [0.1, 0.15) is 18.3 Å². The lowest BCUT2D eigenvalue weighted by atomic mass is 10.0. The summed E-state index contributed by atoms with van der Waals surface area (Å²) in [5.41, 5.74) is 1.51. The second-order valence-corrected chi connectivity index (χ2v) is 13.0. The van der Waals surface area contributed by atoms with Crippen LogP contribution in [0.1, 0.15) is 31.4 Å². The van der Waals surface area contributed by atoms with E-state index < -0.39 is 28.5 Å². The van der Waals surface area contributed by atoms with Gasteiger partial charge in [0.25, 0.3) is 0 Å². The van der Waals surface area contributed by atoms with E-state index in [0.717, 1.165) is 16.1 Å². The molecule has 8 nitrogen and oxygen atoms in total. The molecule has 3 aromatic rings. The van der Waals surface area contributed by atoms with Crippen molar-refractivity contribution in [2.75, 3.05) is 24.2 Å². The van der Waals surface area contributed by atoms with Crippen molar-refractivity contribution in [2.45, 2.75) is 45.3 Å². The van der Waals surface area contributed by atoms with E-state index in [1.165, 1.54) is 24.1 Å². The Morgan fingerprint density at radius 2 is 1.57 bits per heavy atom. The van der Waals surface area contributed by atoms with Gasteiger partial charge in [0.15, 0.2) is 0 Å². The fraction of sp³-hybridized carbons (Fsp3) is 0.333. The van der Waals surface area contributed by atoms with Crippen molar-refractivity contribution in [3.05, 3.63) is 92.9 Å². The molecule has 0 radical (unpaired) electrons. The first-order valence-electron chi connectivity index (χ1n) is 13.2. The topological polar surface area (TPSA) is 96.0 Å². The van der Waals surface area contributed by atoms with Crippen LogP contribution in [-0.2, 0) is 32.6 Å². The molecule has 12 heteroatoms. The summed E-state index contributed by atoms with van der Waals surface area (Å²) < 4.78 is 32.2. The first-order chi connectivity index (χ1) is 19.8. The number of rotatable bonds is 13. The van der Waals surface area contributed by atoms with Crippen molar-refractivity contribution in [3.63, 3.8) is 0 Å². The number of nitrogens with one attached hydrogen (secondary N) is 1. The molecule has 3 aromatic carbocycles. The zero-order valence-corrected chi connectivity index (χ0v) is 26.9. The quantitative estimate of drug-likeness (QED) is 0.229. The monoisotopic (exact) mass is 653 g/mol. The molecule has 2 atom stereocenters. The predicted octanol–water partition coefficient (Wildman–Crippen LogP) is 5.98. The van der Waals surface area contributed by atoms with Crippen LogP contribution in [0.15, 0.2) is 66.7 Å². The average Bonchev–Trinajstić information content (AvgIpc) is 2.95. The highest BCUT2D eigenvalue weighted by Crippen LogP contribution is 2.35. The van der Waals surface area contributed by atoms with E-state index in [9.17, 15) is 18.0 Å². The second kappa shape index (κ2) is 15.0. The fourth-order valence-corrected chi connectivity index (χ4v) is 5.81. The summed E-state index contributed by atoms with van der Waals surface area (Å²) in [4.78, 5) is 29.3. The molecule has 42 heavy (non-hydrogen) atoms. The number of ether oxygens (including phenoxy) is 1. The van der Waals surface area contributed by atoms with Crippen molar-refractivity contribution in [1.29, 1.82) is 0 Å². The maximum Gasteiger partial charge on any atom is 0.244 e. The molecule has 2 amide bonds. The molecule has 0 spiro atoms. The number of carbonyl (C=O) groups is 2. The number of anilines is 1. The lowest BCUT2D eigenvalue weighted by Crippen LogP contribution is -2.54. The molecule has 3 rings (SSSR count). The Balaban J connectivity index is 2.11. The molecule has 0 bridgehead atoms. The lowest BCUT2D eigenvalue weighted by Gasteiger charge is -2.34. The number of carbonyl (C=O) groups excluding carboxylic acids is 2. The van der Waals surface area contributed by atoms with Crippen molar-refractivity contribution in [2.24, 2.45) is 0 Å². The van der Waals surface area contributed by atoms with Gasteiger partial charge >= 0.3 is 0 Å². The van der Waals surface area contributed by atoms with Crippen LogP contribution in [0, 0.1) is 0 Å². The third-order valence-electron chi connectivity index (χ3n) is 6.70. The molecule has 0 heterocycles. The summed E-state index contributed by atoms with van der Waals surface area (Å²) in [5.74, 6) is -0.405. The molecule has 0 aromatic heterocycles. The Kier molecular flexibility index (Phi) is 11.9. The first kappa shape index (κ1) is 33.5. The minimum atomic E-state index is -4.03. The highest BCUT2D eigenvalue weighted by molar-refractivity contribution is 7.92. The molecular formula is C30H34Cl3N3O5S. The van der Waals surface area contributed by atoms with Gasteiger partial charge in [-0.15, -0.1) is 0 Å². The first-order valence-corrected chi connectivity index (χ1v) is 16.2. The minimum absolute atomic E-state index is 0.00248. The van der Waals surface area contributed by atoms with Gasteiger partial charge in [-0.25, -0.2) is 8.42 Å². The lowest BCUT2D eigenvalue weighted by molar-refractivity contribution is -0.140. The predicted molar refractivity (Wildman–Crippen MR) is 169 cm³/mol. The Hall–Kier alpha value is -2.98. The molecule has 0 aliphatic heterocycles. The van der Waals surface area contributed by atoms with Gasteiger partial charge in [0.05, 0.1) is 34.1 Å². The van der Waals surface area contributed by atoms with Crippen molar-refractivity contribution in [3.8, 4) is 5.75 Å². The summed E-state index contributed by atoms with van der Waals surface area (Å²) in [5, 5.41) is 3.19. The fourth-order valence-electron chi connectivity index (χ4n) is 4.26. The minimum Gasteiger partial charge on any atom is -0.497 e. The van der Waals surface area contributed by atoms with E-state index in [-0.39, 0.29) is 45.7 Å². The number of nitrogens with zero attached hydrogens (tertiary/aromatic N) is 2. The molecular weight excluding hydrogens is 621 g/mol. The summed E-state index contributed by atoms with van der Waals surface area (Å²) in [6.45, 7) is 3.20. The SMILES string of the molecule is CC[C@@H](C)NC(=O)[C@@H](Cc1ccccc1)N(Cc1cccc(OC)c1)C(=O)CN(c1cc(Cl)c(Cl)cc1Cl)S(C)(=O)=O. The zero-order valence-electron chi connectivity index (χ0n) is 23.8. The van der Waals surface area contributed by atoms with E-state index >= 15 is 0 Å². The third kappa shape index (κ3) is 9.01. The van der Waals surface area contributed by atoms with E-state index in [4.69, 9.17) is 39.5 Å². The summed E-state index contributed by atoms with van der Waals surface area (Å²) in [6.07, 6.45) is 1.85. The van der Waals surface area contributed by atoms with Crippen LogP contribution in [-0.4, -0.2) is 57.1 Å². The molecule has 0 unspecified atom stereocenters. The molecule has 1 N–H and O–H groups in total. The molecule has 0 saturated heterocycles. The molecule has 0 saturated carbocycles. The molecule has 0 aliphatic rings. The van der Waals surface area contributed by atoms with Crippen LogP contribution in [0.4, 0.5) is 5.69 Å². The van der Waals surface area contributed by atoms with Crippen LogP contribution in [0.2, 0.25) is 15.1 Å². The maximum absolute atomic E-state index is 14.2. The number of sulfonamides is 1. The van der Waals surface area contributed by atoms with Crippen LogP contribution in [0.25, 0.3) is 0 Å². The number of halogens is 3. The summed E-state index contributed by atoms with van der Waals surface area (Å²) in [7, 11) is -2.50. The number of methoxy groups -OCH3 is 1. The normalized spacial score (nSPS) is 12.7. The average molecular weight is 655 g/mol. The maximum atomic E-state index is 14.2. The van der Waals surface area contributed by atoms with Crippen LogP contribution < -0.4 is 14.4 Å². The number of hydrogen-bond acceptors (Lipinski definition) is 5. The van der Waals surface area contributed by atoms with E-state index in [2.05, 4.69) is 5.32 Å². The van der Waals surface area contributed by atoms with Crippen LogP contribution >= 0.6 is 34.8 Å². The van der Waals surface area contributed by atoms with Crippen molar-refractivity contribution >= 4 is 62.3 Å². The van der Waals surface area contributed by atoms with E-state index in [0.29, 0.717) is 17.7 Å². The molecule has 0 fully saturated rings.